The number of ether oxygens (including phenoxy) is 1. The van der Waals surface area contributed by atoms with Crippen molar-refractivity contribution in [1.29, 1.82) is 0 Å². The molecule has 4 N–H and O–H groups in total. The van der Waals surface area contributed by atoms with Crippen LogP contribution in [0.2, 0.25) is 0 Å². The minimum atomic E-state index is -1.31. The number of hydrogen-bond acceptors (Lipinski definition) is 6. The second-order valence-corrected chi connectivity index (χ2v) is 10.6. The van der Waals surface area contributed by atoms with Gasteiger partial charge in [0, 0.05) is 62.9 Å². The summed E-state index contributed by atoms with van der Waals surface area (Å²) in [6.45, 7) is 2.80. The van der Waals surface area contributed by atoms with Crippen LogP contribution in [0.15, 0.2) is 66.2 Å². The first-order valence-electron chi connectivity index (χ1n) is 13.2. The van der Waals surface area contributed by atoms with Gasteiger partial charge in [0.2, 0.25) is 0 Å². The molecule has 5 aromatic rings. The third kappa shape index (κ3) is 5.05. The van der Waals surface area contributed by atoms with E-state index in [2.05, 4.69) is 20.6 Å². The summed E-state index contributed by atoms with van der Waals surface area (Å²) in [4.78, 5) is 47.2. The number of benzene rings is 2. The van der Waals surface area contributed by atoms with Crippen molar-refractivity contribution in [2.45, 2.75) is 19.8 Å². The number of carboxylic acid groups (broad SMARTS) is 1. The number of aromatic nitrogens is 2. The zero-order chi connectivity index (χ0) is 28.5. The lowest BCUT2D eigenvalue weighted by Crippen LogP contribution is -2.25. The van der Waals surface area contributed by atoms with Crippen LogP contribution in [0.3, 0.4) is 0 Å². The average molecular weight is 567 g/mol. The third-order valence-electron chi connectivity index (χ3n) is 6.95. The molecule has 10 heteroatoms. The quantitative estimate of drug-likeness (QED) is 0.191. The molecule has 9 nitrogen and oxygen atoms in total. The van der Waals surface area contributed by atoms with Crippen molar-refractivity contribution in [3.63, 3.8) is 0 Å². The lowest BCUT2D eigenvalue weighted by atomic mass is 9.93. The number of carbonyl (C=O) groups excluding carboxylic acids is 2. The molecule has 1 aliphatic heterocycles. The monoisotopic (exact) mass is 566 g/mol. The van der Waals surface area contributed by atoms with Crippen LogP contribution in [0.1, 0.15) is 50.2 Å². The van der Waals surface area contributed by atoms with E-state index in [1.807, 2.05) is 42.8 Å². The van der Waals surface area contributed by atoms with Crippen molar-refractivity contribution in [2.24, 2.45) is 0 Å². The maximum atomic E-state index is 13.9. The van der Waals surface area contributed by atoms with E-state index in [0.717, 1.165) is 33.3 Å². The number of nitrogens with one attached hydrogen (secondary N) is 3. The fourth-order valence-electron chi connectivity index (χ4n) is 4.95. The van der Waals surface area contributed by atoms with Crippen molar-refractivity contribution >= 4 is 45.7 Å². The molecule has 206 valence electrons. The Balaban J connectivity index is 1.49. The van der Waals surface area contributed by atoms with E-state index in [4.69, 9.17) is 4.74 Å². The van der Waals surface area contributed by atoms with Crippen LogP contribution < -0.4 is 15.4 Å². The summed E-state index contributed by atoms with van der Waals surface area (Å²) in [7, 11) is 0. The van der Waals surface area contributed by atoms with Crippen LogP contribution in [-0.4, -0.2) is 46.0 Å². The number of fused-ring (bicyclic) bond motifs is 4. The Kier molecular flexibility index (Phi) is 6.98. The summed E-state index contributed by atoms with van der Waals surface area (Å²) in [5.41, 5.74) is 3.89. The summed E-state index contributed by atoms with van der Waals surface area (Å²) in [6.07, 6.45) is 3.27. The largest absolute Gasteiger partial charge is 0.493 e. The van der Waals surface area contributed by atoms with Crippen LogP contribution in [0.4, 0.5) is 5.69 Å². The Morgan fingerprint density at radius 2 is 1.90 bits per heavy atom. The second-order valence-electron chi connectivity index (χ2n) is 9.65. The molecule has 0 atom stereocenters. The number of aromatic amines is 1. The smallest absolute Gasteiger partial charge is 0.355 e. The lowest BCUT2D eigenvalue weighted by molar-refractivity contribution is 0.0691. The number of carboxylic acids is 1. The molecule has 0 saturated heterocycles. The lowest BCUT2D eigenvalue weighted by Gasteiger charge is -2.17. The maximum absolute atomic E-state index is 13.9. The topological polar surface area (TPSA) is 133 Å². The highest BCUT2D eigenvalue weighted by Crippen LogP contribution is 2.43. The summed E-state index contributed by atoms with van der Waals surface area (Å²) >= 11 is 1.56. The SMILES string of the molecule is CCCNC(=O)c1ccc(-c2cc3c(cc2C(=O)Nc2ccc4[nH]ccc4c2)-c2sccc2CCO3)c(C(=O)O)n1. The number of nitrogens with zero attached hydrogens (tertiary/aromatic N) is 1. The summed E-state index contributed by atoms with van der Waals surface area (Å²) in [5.74, 6) is -1.64. The van der Waals surface area contributed by atoms with E-state index in [9.17, 15) is 19.5 Å². The van der Waals surface area contributed by atoms with Crippen LogP contribution >= 0.6 is 11.3 Å². The zero-order valence-corrected chi connectivity index (χ0v) is 22.9. The molecular weight excluding hydrogens is 540 g/mol. The standard InChI is InChI=1S/C31H26N4O5S/c1-2-10-33-30(37)25-6-4-20(27(35-25)31(38)39)21-16-26-23(28-17(8-12-40-26)9-13-41-28)15-22(21)29(36)34-19-3-5-24-18(14-19)7-11-32-24/h3-7,9,11,13-16,32H,2,8,10,12H2,1H3,(H,33,37)(H,34,36)(H,38,39). The third-order valence-corrected chi connectivity index (χ3v) is 7.94. The molecule has 41 heavy (non-hydrogen) atoms. The first-order chi connectivity index (χ1) is 19.9. The Labute approximate surface area is 239 Å². The molecule has 1 aliphatic rings. The van der Waals surface area contributed by atoms with Gasteiger partial charge in [0.05, 0.1) is 6.61 Å². The number of thiophene rings is 1. The van der Waals surface area contributed by atoms with E-state index < -0.39 is 17.8 Å². The van der Waals surface area contributed by atoms with Gasteiger partial charge in [-0.3, -0.25) is 9.59 Å². The number of anilines is 1. The zero-order valence-electron chi connectivity index (χ0n) is 22.1. The predicted molar refractivity (Wildman–Crippen MR) is 158 cm³/mol. The molecule has 6 rings (SSSR count). The van der Waals surface area contributed by atoms with Gasteiger partial charge in [0.15, 0.2) is 5.69 Å². The number of H-pyrrole nitrogens is 1. The van der Waals surface area contributed by atoms with Gasteiger partial charge in [-0.05, 0) is 72.0 Å². The number of carbonyl (C=O) groups is 3. The molecule has 2 aromatic carbocycles. The second kappa shape index (κ2) is 10.9. The van der Waals surface area contributed by atoms with E-state index >= 15 is 0 Å². The normalized spacial score (nSPS) is 12.1. The molecule has 0 radical (unpaired) electrons. The van der Waals surface area contributed by atoms with Crippen molar-refractivity contribution in [2.75, 3.05) is 18.5 Å². The Morgan fingerprint density at radius 1 is 1.02 bits per heavy atom. The first-order valence-corrected chi connectivity index (χ1v) is 14.1. The van der Waals surface area contributed by atoms with Crippen molar-refractivity contribution in [3.05, 3.63) is 88.7 Å². The van der Waals surface area contributed by atoms with Gasteiger partial charge in [0.1, 0.15) is 11.4 Å². The van der Waals surface area contributed by atoms with E-state index in [1.54, 1.807) is 29.5 Å². The van der Waals surface area contributed by atoms with Crippen LogP contribution in [0.5, 0.6) is 5.75 Å². The molecule has 0 unspecified atom stereocenters. The molecule has 0 saturated carbocycles. The van der Waals surface area contributed by atoms with Crippen molar-refractivity contribution in [3.8, 4) is 27.3 Å². The summed E-state index contributed by atoms with van der Waals surface area (Å²) in [5, 5.41) is 18.7. The number of hydrogen-bond donors (Lipinski definition) is 4. The van der Waals surface area contributed by atoms with E-state index in [0.29, 0.717) is 36.6 Å². The minimum absolute atomic E-state index is 0.0142. The van der Waals surface area contributed by atoms with Crippen molar-refractivity contribution in [1.82, 2.24) is 15.3 Å². The van der Waals surface area contributed by atoms with Gasteiger partial charge in [-0.1, -0.05) is 6.92 Å². The van der Waals surface area contributed by atoms with E-state index in [-0.39, 0.29) is 22.5 Å². The Hall–Kier alpha value is -4.96. The molecule has 4 heterocycles. The number of amides is 2. The van der Waals surface area contributed by atoms with Gasteiger partial charge in [-0.2, -0.15) is 0 Å². The number of pyridine rings is 1. The molecule has 0 fully saturated rings. The van der Waals surface area contributed by atoms with Gasteiger partial charge in [-0.15, -0.1) is 11.3 Å². The van der Waals surface area contributed by atoms with Crippen LogP contribution in [0.25, 0.3) is 32.5 Å². The fourth-order valence-corrected chi connectivity index (χ4v) is 5.93. The minimum Gasteiger partial charge on any atom is -0.493 e. The van der Waals surface area contributed by atoms with E-state index in [1.165, 1.54) is 12.1 Å². The van der Waals surface area contributed by atoms with Gasteiger partial charge in [-0.25, -0.2) is 9.78 Å². The van der Waals surface area contributed by atoms with Gasteiger partial charge >= 0.3 is 5.97 Å². The van der Waals surface area contributed by atoms with Crippen LogP contribution in [-0.2, 0) is 6.42 Å². The average Bonchev–Trinajstić information content (AvgIpc) is 3.61. The molecule has 0 bridgehead atoms. The summed E-state index contributed by atoms with van der Waals surface area (Å²) in [6, 6.07) is 16.0. The highest BCUT2D eigenvalue weighted by Gasteiger charge is 2.26. The van der Waals surface area contributed by atoms with Crippen LogP contribution in [0, 0.1) is 0 Å². The molecule has 2 amide bonds. The number of aromatic carboxylic acids is 1. The van der Waals surface area contributed by atoms with Gasteiger partial charge < -0.3 is 25.5 Å². The highest BCUT2D eigenvalue weighted by molar-refractivity contribution is 7.13. The molecular formula is C31H26N4O5S. The maximum Gasteiger partial charge on any atom is 0.355 e. The van der Waals surface area contributed by atoms with Crippen molar-refractivity contribution < 1.29 is 24.2 Å². The number of rotatable bonds is 7. The highest BCUT2D eigenvalue weighted by atomic mass is 32.1. The Bertz CT molecular complexity index is 1820. The molecule has 0 spiro atoms. The summed E-state index contributed by atoms with van der Waals surface area (Å²) < 4.78 is 6.09. The first kappa shape index (κ1) is 26.3. The Morgan fingerprint density at radius 3 is 2.73 bits per heavy atom. The van der Waals surface area contributed by atoms with Gasteiger partial charge in [0.25, 0.3) is 11.8 Å². The predicted octanol–water partition coefficient (Wildman–Crippen LogP) is 5.98. The fraction of sp³-hybridized carbons (Fsp3) is 0.161. The molecule has 0 aliphatic carbocycles. The molecule has 3 aromatic heterocycles.